The second kappa shape index (κ2) is 7.19. The average molecular weight is 326 g/mol. The van der Waals surface area contributed by atoms with Crippen LogP contribution in [0.5, 0.6) is 0 Å². The second-order valence-corrected chi connectivity index (χ2v) is 6.29. The van der Waals surface area contributed by atoms with Crippen molar-refractivity contribution in [1.82, 2.24) is 15.0 Å². The van der Waals surface area contributed by atoms with Crippen LogP contribution in [-0.4, -0.2) is 20.9 Å². The van der Waals surface area contributed by atoms with Crippen molar-refractivity contribution in [3.63, 3.8) is 0 Å². The van der Waals surface area contributed by atoms with Gasteiger partial charge in [-0.25, -0.2) is 4.98 Å². The first-order chi connectivity index (χ1) is 11.2. The number of pyridine rings is 1. The summed E-state index contributed by atoms with van der Waals surface area (Å²) < 4.78 is 0. The summed E-state index contributed by atoms with van der Waals surface area (Å²) in [6.45, 7) is 1.95. The summed E-state index contributed by atoms with van der Waals surface area (Å²) >= 11 is 1.50. The topological polar surface area (TPSA) is 70.7 Å². The first-order valence-corrected chi connectivity index (χ1v) is 8.33. The number of hydrogen-bond acceptors (Lipinski definition) is 4. The molecule has 2 N–H and O–H groups in total. The molecule has 0 unspecified atom stereocenters. The molecule has 0 aliphatic carbocycles. The zero-order chi connectivity index (χ0) is 16.1. The zero-order valence-electron chi connectivity index (χ0n) is 12.9. The number of H-pyrrole nitrogens is 1. The van der Waals surface area contributed by atoms with Gasteiger partial charge >= 0.3 is 0 Å². The van der Waals surface area contributed by atoms with E-state index in [9.17, 15) is 4.79 Å². The van der Waals surface area contributed by atoms with Crippen LogP contribution in [0.25, 0.3) is 10.4 Å². The van der Waals surface area contributed by atoms with Crippen LogP contribution >= 0.6 is 11.3 Å². The lowest BCUT2D eigenvalue weighted by Gasteiger charge is -2.01. The molecule has 118 valence electrons. The van der Waals surface area contributed by atoms with Crippen LogP contribution in [0.4, 0.5) is 5.13 Å². The van der Waals surface area contributed by atoms with Crippen LogP contribution in [0.3, 0.4) is 0 Å². The molecule has 0 saturated carbocycles. The maximum atomic E-state index is 12.0. The molecular formula is C17H18N4OS. The van der Waals surface area contributed by atoms with E-state index >= 15 is 0 Å². The molecule has 0 bridgehead atoms. The molecule has 0 spiro atoms. The van der Waals surface area contributed by atoms with Crippen LogP contribution in [0.15, 0.2) is 43.0 Å². The number of aromatic nitrogens is 3. The summed E-state index contributed by atoms with van der Waals surface area (Å²) in [6.07, 6.45) is 9.59. The van der Waals surface area contributed by atoms with Gasteiger partial charge in [0.25, 0.3) is 0 Å². The van der Waals surface area contributed by atoms with Crippen LogP contribution in [0.1, 0.15) is 24.1 Å². The SMILES string of the molecule is Cc1nc(NC(=O)CCCc2cc[nH]c2)sc1-c1ccncc1. The number of carbonyl (C=O) groups excluding carboxylic acids is 1. The fourth-order valence-corrected chi connectivity index (χ4v) is 3.36. The molecule has 1 amide bonds. The van der Waals surface area contributed by atoms with Crippen LogP contribution in [0, 0.1) is 6.92 Å². The lowest BCUT2D eigenvalue weighted by molar-refractivity contribution is -0.116. The predicted molar refractivity (Wildman–Crippen MR) is 92.4 cm³/mol. The molecule has 0 radical (unpaired) electrons. The standard InChI is InChI=1S/C17H18N4OS/c1-12-16(14-6-9-18-10-7-14)23-17(20-12)21-15(22)4-2-3-13-5-8-19-11-13/h5-11,19H,2-4H2,1H3,(H,20,21,22). The van der Waals surface area contributed by atoms with E-state index in [1.807, 2.05) is 37.5 Å². The van der Waals surface area contributed by atoms with E-state index in [-0.39, 0.29) is 5.91 Å². The Morgan fingerprint density at radius 2 is 2.13 bits per heavy atom. The molecule has 3 aromatic heterocycles. The summed E-state index contributed by atoms with van der Waals surface area (Å²) in [5, 5.41) is 3.55. The summed E-state index contributed by atoms with van der Waals surface area (Å²) in [4.78, 5) is 24.6. The summed E-state index contributed by atoms with van der Waals surface area (Å²) in [6, 6.07) is 5.93. The van der Waals surface area contributed by atoms with Gasteiger partial charge in [-0.15, -0.1) is 0 Å². The Kier molecular flexibility index (Phi) is 4.83. The van der Waals surface area contributed by atoms with Gasteiger partial charge in [0, 0.05) is 31.2 Å². The Balaban J connectivity index is 1.56. The highest BCUT2D eigenvalue weighted by Gasteiger charge is 2.11. The van der Waals surface area contributed by atoms with Gasteiger partial charge in [-0.1, -0.05) is 11.3 Å². The molecule has 0 aliphatic rings. The third kappa shape index (κ3) is 4.04. The third-order valence-electron chi connectivity index (χ3n) is 3.52. The third-order valence-corrected chi connectivity index (χ3v) is 4.64. The smallest absolute Gasteiger partial charge is 0.226 e. The van der Waals surface area contributed by atoms with Crippen molar-refractivity contribution in [3.8, 4) is 10.4 Å². The van der Waals surface area contributed by atoms with Crippen molar-refractivity contribution >= 4 is 22.4 Å². The Morgan fingerprint density at radius 1 is 1.30 bits per heavy atom. The van der Waals surface area contributed by atoms with Crippen molar-refractivity contribution in [2.45, 2.75) is 26.2 Å². The van der Waals surface area contributed by atoms with Crippen LogP contribution in [0.2, 0.25) is 0 Å². The highest BCUT2D eigenvalue weighted by atomic mass is 32.1. The van der Waals surface area contributed by atoms with E-state index < -0.39 is 0 Å². The second-order valence-electron chi connectivity index (χ2n) is 5.29. The van der Waals surface area contributed by atoms with Gasteiger partial charge in [-0.2, -0.15) is 0 Å². The van der Waals surface area contributed by atoms with Crippen molar-refractivity contribution in [3.05, 3.63) is 54.2 Å². The molecule has 3 aromatic rings. The van der Waals surface area contributed by atoms with Crippen LogP contribution in [-0.2, 0) is 11.2 Å². The van der Waals surface area contributed by atoms with Crippen molar-refractivity contribution in [2.24, 2.45) is 0 Å². The van der Waals surface area contributed by atoms with Gasteiger partial charge in [-0.05, 0) is 49.1 Å². The van der Waals surface area contributed by atoms with E-state index in [2.05, 4.69) is 20.3 Å². The van der Waals surface area contributed by atoms with Crippen molar-refractivity contribution < 1.29 is 4.79 Å². The lowest BCUT2D eigenvalue weighted by Crippen LogP contribution is -2.11. The summed E-state index contributed by atoms with van der Waals surface area (Å²) in [5.74, 6) is 0.00978. The minimum atomic E-state index is 0.00978. The van der Waals surface area contributed by atoms with Gasteiger partial charge in [0.1, 0.15) is 0 Å². The van der Waals surface area contributed by atoms with Crippen molar-refractivity contribution in [2.75, 3.05) is 5.32 Å². The van der Waals surface area contributed by atoms with E-state index in [1.54, 1.807) is 12.4 Å². The number of carbonyl (C=O) groups is 1. The molecule has 6 heteroatoms. The molecule has 0 aromatic carbocycles. The first-order valence-electron chi connectivity index (χ1n) is 7.52. The maximum absolute atomic E-state index is 12.0. The Bertz CT molecular complexity index is 765. The molecule has 3 rings (SSSR count). The average Bonchev–Trinajstić information content (AvgIpc) is 3.18. The number of hydrogen-bond donors (Lipinski definition) is 2. The highest BCUT2D eigenvalue weighted by Crippen LogP contribution is 2.32. The number of nitrogens with one attached hydrogen (secondary N) is 2. The molecule has 0 fully saturated rings. The molecule has 3 heterocycles. The molecule has 0 atom stereocenters. The number of aryl methyl sites for hydroxylation is 2. The molecular weight excluding hydrogens is 308 g/mol. The van der Waals surface area contributed by atoms with Crippen molar-refractivity contribution in [1.29, 1.82) is 0 Å². The number of aromatic amines is 1. The Labute approximate surface area is 138 Å². The largest absolute Gasteiger partial charge is 0.367 e. The lowest BCUT2D eigenvalue weighted by atomic mass is 10.1. The molecule has 5 nitrogen and oxygen atoms in total. The molecule has 23 heavy (non-hydrogen) atoms. The minimum absolute atomic E-state index is 0.00978. The Hall–Kier alpha value is -2.47. The van der Waals surface area contributed by atoms with Gasteiger partial charge in [-0.3, -0.25) is 9.78 Å². The van der Waals surface area contributed by atoms with Gasteiger partial charge < -0.3 is 10.3 Å². The van der Waals surface area contributed by atoms with E-state index in [1.165, 1.54) is 16.9 Å². The fourth-order valence-electron chi connectivity index (χ4n) is 2.37. The maximum Gasteiger partial charge on any atom is 0.226 e. The highest BCUT2D eigenvalue weighted by molar-refractivity contribution is 7.19. The quantitative estimate of drug-likeness (QED) is 0.724. The zero-order valence-corrected chi connectivity index (χ0v) is 13.7. The van der Waals surface area contributed by atoms with Gasteiger partial charge in [0.2, 0.25) is 5.91 Å². The molecule has 0 aliphatic heterocycles. The minimum Gasteiger partial charge on any atom is -0.367 e. The summed E-state index contributed by atoms with van der Waals surface area (Å²) in [7, 11) is 0. The normalized spacial score (nSPS) is 10.7. The first kappa shape index (κ1) is 15.4. The van der Waals surface area contributed by atoms with Gasteiger partial charge in [0.15, 0.2) is 5.13 Å². The van der Waals surface area contributed by atoms with E-state index in [4.69, 9.17) is 0 Å². The fraction of sp³-hybridized carbons (Fsp3) is 0.235. The monoisotopic (exact) mass is 326 g/mol. The van der Waals surface area contributed by atoms with E-state index in [0.29, 0.717) is 11.6 Å². The number of thiazole rings is 1. The number of anilines is 1. The number of rotatable bonds is 6. The van der Waals surface area contributed by atoms with Gasteiger partial charge in [0.05, 0.1) is 10.6 Å². The number of amides is 1. The summed E-state index contributed by atoms with van der Waals surface area (Å²) in [5.41, 5.74) is 3.22. The predicted octanol–water partition coefficient (Wildman–Crippen LogP) is 3.80. The van der Waals surface area contributed by atoms with E-state index in [0.717, 1.165) is 29.0 Å². The van der Waals surface area contributed by atoms with Crippen LogP contribution < -0.4 is 5.32 Å². The Morgan fingerprint density at radius 3 is 2.87 bits per heavy atom. The molecule has 0 saturated heterocycles. The number of nitrogens with zero attached hydrogens (tertiary/aromatic N) is 2.